The van der Waals surface area contributed by atoms with E-state index in [1.54, 1.807) is 0 Å². The SMILES string of the molecule is Cc1ccnc(N2CCCCC2CC(C)Br)c1Br. The van der Waals surface area contributed by atoms with Crippen molar-refractivity contribution < 1.29 is 0 Å². The van der Waals surface area contributed by atoms with Gasteiger partial charge in [-0.25, -0.2) is 4.98 Å². The van der Waals surface area contributed by atoms with E-state index in [9.17, 15) is 0 Å². The van der Waals surface area contributed by atoms with Crippen LogP contribution in [-0.2, 0) is 0 Å². The average molecular weight is 376 g/mol. The molecule has 1 aliphatic rings. The van der Waals surface area contributed by atoms with Crippen molar-refractivity contribution in [1.82, 2.24) is 4.98 Å². The molecule has 18 heavy (non-hydrogen) atoms. The molecule has 2 nitrogen and oxygen atoms in total. The van der Waals surface area contributed by atoms with Crippen LogP contribution in [0.15, 0.2) is 16.7 Å². The van der Waals surface area contributed by atoms with Crippen LogP contribution in [0.5, 0.6) is 0 Å². The lowest BCUT2D eigenvalue weighted by molar-refractivity contribution is 0.435. The normalized spacial score (nSPS) is 22.0. The van der Waals surface area contributed by atoms with E-state index in [1.807, 2.05) is 6.20 Å². The maximum absolute atomic E-state index is 4.58. The second-order valence-corrected chi connectivity index (χ2v) is 7.48. The van der Waals surface area contributed by atoms with Crippen LogP contribution in [0.1, 0.15) is 38.2 Å². The number of pyridine rings is 1. The summed E-state index contributed by atoms with van der Waals surface area (Å²) < 4.78 is 1.15. The molecule has 1 saturated heterocycles. The molecule has 0 spiro atoms. The number of rotatable bonds is 3. The third kappa shape index (κ3) is 3.27. The number of aromatic nitrogens is 1. The fourth-order valence-corrected chi connectivity index (χ4v) is 3.52. The quantitative estimate of drug-likeness (QED) is 0.712. The Bertz CT molecular complexity index is 407. The number of aryl methyl sites for hydroxylation is 1. The number of alkyl halides is 1. The monoisotopic (exact) mass is 374 g/mol. The largest absolute Gasteiger partial charge is 0.353 e. The molecule has 4 heteroatoms. The molecule has 0 aromatic carbocycles. The van der Waals surface area contributed by atoms with Gasteiger partial charge in [-0.1, -0.05) is 22.9 Å². The van der Waals surface area contributed by atoms with Crippen molar-refractivity contribution in [3.8, 4) is 0 Å². The zero-order valence-electron chi connectivity index (χ0n) is 11.0. The van der Waals surface area contributed by atoms with Crippen molar-refractivity contribution in [3.05, 3.63) is 22.3 Å². The molecule has 0 saturated carbocycles. The highest BCUT2D eigenvalue weighted by atomic mass is 79.9. The van der Waals surface area contributed by atoms with Gasteiger partial charge >= 0.3 is 0 Å². The molecule has 2 unspecified atom stereocenters. The predicted molar refractivity (Wildman–Crippen MR) is 84.7 cm³/mol. The Morgan fingerprint density at radius 1 is 1.50 bits per heavy atom. The van der Waals surface area contributed by atoms with E-state index in [4.69, 9.17) is 0 Å². The zero-order chi connectivity index (χ0) is 13.1. The standard InChI is InChI=1S/C14H20Br2N2/c1-10-6-7-17-14(13(10)16)18-8-4-3-5-12(18)9-11(2)15/h6-7,11-12H,3-5,8-9H2,1-2H3. The second kappa shape index (κ2) is 6.38. The number of hydrogen-bond donors (Lipinski definition) is 0. The summed E-state index contributed by atoms with van der Waals surface area (Å²) in [5, 5.41) is 0. The Morgan fingerprint density at radius 2 is 2.28 bits per heavy atom. The van der Waals surface area contributed by atoms with Crippen LogP contribution >= 0.6 is 31.9 Å². The Morgan fingerprint density at radius 3 is 3.00 bits per heavy atom. The summed E-state index contributed by atoms with van der Waals surface area (Å²) in [6.45, 7) is 5.48. The van der Waals surface area contributed by atoms with Crippen LogP contribution < -0.4 is 4.90 Å². The average Bonchev–Trinajstić information content (AvgIpc) is 2.33. The summed E-state index contributed by atoms with van der Waals surface area (Å²) >= 11 is 7.38. The van der Waals surface area contributed by atoms with Gasteiger partial charge in [0.1, 0.15) is 5.82 Å². The van der Waals surface area contributed by atoms with Crippen molar-refractivity contribution in [1.29, 1.82) is 0 Å². The highest BCUT2D eigenvalue weighted by molar-refractivity contribution is 9.10. The summed E-state index contributed by atoms with van der Waals surface area (Å²) in [6.07, 6.45) is 6.98. The van der Waals surface area contributed by atoms with Gasteiger partial charge in [0.2, 0.25) is 0 Å². The molecule has 0 N–H and O–H groups in total. The minimum Gasteiger partial charge on any atom is -0.353 e. The molecular weight excluding hydrogens is 356 g/mol. The van der Waals surface area contributed by atoms with Crippen LogP contribution in [0.3, 0.4) is 0 Å². The van der Waals surface area contributed by atoms with Gasteiger partial charge in [0, 0.05) is 23.6 Å². The molecule has 2 heterocycles. The summed E-state index contributed by atoms with van der Waals surface area (Å²) in [5.41, 5.74) is 1.26. The van der Waals surface area contributed by atoms with Crippen LogP contribution in [0.2, 0.25) is 0 Å². The first-order valence-corrected chi connectivity index (χ1v) is 8.32. The van der Waals surface area contributed by atoms with E-state index in [-0.39, 0.29) is 0 Å². The van der Waals surface area contributed by atoms with Crippen LogP contribution in [-0.4, -0.2) is 22.4 Å². The topological polar surface area (TPSA) is 16.1 Å². The Hall–Kier alpha value is -0.0900. The minimum atomic E-state index is 0.562. The molecule has 0 bridgehead atoms. The number of hydrogen-bond acceptors (Lipinski definition) is 2. The molecule has 2 rings (SSSR count). The molecule has 0 radical (unpaired) electrons. The van der Waals surface area contributed by atoms with Gasteiger partial charge in [-0.3, -0.25) is 0 Å². The Balaban J connectivity index is 2.25. The van der Waals surface area contributed by atoms with Gasteiger partial charge in [-0.15, -0.1) is 0 Å². The summed E-state index contributed by atoms with van der Waals surface area (Å²) in [6, 6.07) is 2.67. The Kier molecular flexibility index (Phi) is 5.07. The van der Waals surface area contributed by atoms with Gasteiger partial charge in [0.25, 0.3) is 0 Å². The zero-order valence-corrected chi connectivity index (χ0v) is 14.2. The maximum atomic E-state index is 4.58. The number of nitrogens with zero attached hydrogens (tertiary/aromatic N) is 2. The van der Waals surface area contributed by atoms with Crippen molar-refractivity contribution in [2.45, 2.75) is 50.4 Å². The lowest BCUT2D eigenvalue weighted by atomic mass is 9.98. The van der Waals surface area contributed by atoms with E-state index in [1.165, 1.54) is 31.2 Å². The lowest BCUT2D eigenvalue weighted by Crippen LogP contribution is -2.41. The minimum absolute atomic E-state index is 0.562. The molecule has 100 valence electrons. The first-order chi connectivity index (χ1) is 8.59. The highest BCUT2D eigenvalue weighted by Gasteiger charge is 2.26. The fraction of sp³-hybridized carbons (Fsp3) is 0.643. The molecule has 1 fully saturated rings. The first-order valence-electron chi connectivity index (χ1n) is 6.61. The molecule has 0 aliphatic carbocycles. The van der Waals surface area contributed by atoms with Gasteiger partial charge in [0.15, 0.2) is 0 Å². The molecule has 1 aromatic heterocycles. The summed E-state index contributed by atoms with van der Waals surface area (Å²) in [7, 11) is 0. The lowest BCUT2D eigenvalue weighted by Gasteiger charge is -2.38. The molecule has 1 aliphatic heterocycles. The van der Waals surface area contributed by atoms with E-state index >= 15 is 0 Å². The van der Waals surface area contributed by atoms with Gasteiger partial charge < -0.3 is 4.90 Å². The smallest absolute Gasteiger partial charge is 0.143 e. The maximum Gasteiger partial charge on any atom is 0.143 e. The fourth-order valence-electron chi connectivity index (χ4n) is 2.63. The van der Waals surface area contributed by atoms with Crippen LogP contribution in [0.25, 0.3) is 0 Å². The van der Waals surface area contributed by atoms with Gasteiger partial charge in [-0.05, 0) is 60.2 Å². The van der Waals surface area contributed by atoms with Gasteiger partial charge in [0.05, 0.1) is 4.47 Å². The molecular formula is C14H20Br2N2. The molecule has 2 atom stereocenters. The molecule has 0 amide bonds. The number of anilines is 1. The van der Waals surface area contributed by atoms with Crippen molar-refractivity contribution in [2.24, 2.45) is 0 Å². The number of halogens is 2. The van der Waals surface area contributed by atoms with Crippen molar-refractivity contribution >= 4 is 37.7 Å². The third-order valence-corrected chi connectivity index (χ3v) is 4.91. The summed E-state index contributed by atoms with van der Waals surface area (Å²) in [5.74, 6) is 1.12. The predicted octanol–water partition coefficient (Wildman–Crippen LogP) is 4.68. The first kappa shape index (κ1) is 14.3. The van der Waals surface area contributed by atoms with Crippen LogP contribution in [0, 0.1) is 6.92 Å². The van der Waals surface area contributed by atoms with E-state index < -0.39 is 0 Å². The summed E-state index contributed by atoms with van der Waals surface area (Å²) in [4.78, 5) is 7.63. The van der Waals surface area contributed by atoms with E-state index in [0.717, 1.165) is 16.8 Å². The van der Waals surface area contributed by atoms with E-state index in [2.05, 4.69) is 61.7 Å². The number of piperidine rings is 1. The van der Waals surface area contributed by atoms with Crippen molar-refractivity contribution in [3.63, 3.8) is 0 Å². The highest BCUT2D eigenvalue weighted by Crippen LogP contribution is 2.33. The van der Waals surface area contributed by atoms with Crippen LogP contribution in [0.4, 0.5) is 5.82 Å². The Labute approximate surface area is 126 Å². The second-order valence-electron chi connectivity index (χ2n) is 5.12. The third-order valence-electron chi connectivity index (χ3n) is 3.56. The molecule has 1 aromatic rings. The van der Waals surface area contributed by atoms with Gasteiger partial charge in [-0.2, -0.15) is 0 Å². The van der Waals surface area contributed by atoms with Crippen molar-refractivity contribution in [2.75, 3.05) is 11.4 Å². The van der Waals surface area contributed by atoms with E-state index in [0.29, 0.717) is 10.9 Å².